The lowest BCUT2D eigenvalue weighted by Gasteiger charge is -2.30. The van der Waals surface area contributed by atoms with Crippen molar-refractivity contribution in [2.24, 2.45) is 7.05 Å². The molecule has 1 atom stereocenters. The second-order valence-corrected chi connectivity index (χ2v) is 10.8. The molecule has 9 nitrogen and oxygen atoms in total. The number of anilines is 5. The second kappa shape index (κ2) is 10.1. The van der Waals surface area contributed by atoms with E-state index in [9.17, 15) is 4.79 Å². The molecule has 192 valence electrons. The van der Waals surface area contributed by atoms with Crippen LogP contribution in [0.2, 0.25) is 0 Å². The molecule has 0 radical (unpaired) electrons. The molecule has 5 heterocycles. The van der Waals surface area contributed by atoms with Crippen LogP contribution < -0.4 is 15.5 Å². The van der Waals surface area contributed by atoms with Gasteiger partial charge in [-0.05, 0) is 25.3 Å². The summed E-state index contributed by atoms with van der Waals surface area (Å²) in [6.45, 7) is 6.80. The Hall–Kier alpha value is -3.11. The molecule has 0 spiro atoms. The highest BCUT2D eigenvalue weighted by molar-refractivity contribution is 7.12. The first-order valence-electron chi connectivity index (χ1n) is 12.6. The fourth-order valence-electron chi connectivity index (χ4n) is 5.00. The summed E-state index contributed by atoms with van der Waals surface area (Å²) in [5.74, 6) is 1.12. The maximum Gasteiger partial charge on any atom is 0.263 e. The van der Waals surface area contributed by atoms with Crippen LogP contribution in [-0.2, 0) is 18.2 Å². The molecule has 0 aliphatic carbocycles. The average molecular weight is 510 g/mol. The Balaban J connectivity index is 1.58. The minimum absolute atomic E-state index is 0.00767. The first-order chi connectivity index (χ1) is 17.4. The summed E-state index contributed by atoms with van der Waals surface area (Å²) in [6, 6.07) is 2.26. The number of carbonyl (C=O) groups is 1. The fourth-order valence-corrected chi connectivity index (χ4v) is 5.86. The quantitative estimate of drug-likeness (QED) is 0.476. The monoisotopic (exact) mass is 509 g/mol. The third-order valence-corrected chi connectivity index (χ3v) is 7.82. The number of thiophene rings is 1. The molecule has 1 unspecified atom stereocenters. The lowest BCUT2D eigenvalue weighted by atomic mass is 10.0. The van der Waals surface area contributed by atoms with Crippen LogP contribution in [-0.4, -0.2) is 65.5 Å². The van der Waals surface area contributed by atoms with Crippen molar-refractivity contribution in [3.63, 3.8) is 0 Å². The lowest BCUT2D eigenvalue weighted by molar-refractivity contribution is 0.0832. The van der Waals surface area contributed by atoms with Gasteiger partial charge in [-0.1, -0.05) is 13.8 Å². The summed E-state index contributed by atoms with van der Waals surface area (Å²) >= 11 is 1.45. The number of aryl methyl sites for hydroxylation is 1. The van der Waals surface area contributed by atoms with Crippen molar-refractivity contribution in [1.82, 2.24) is 19.7 Å². The second-order valence-electron chi connectivity index (χ2n) is 9.84. The van der Waals surface area contributed by atoms with Crippen molar-refractivity contribution in [3.8, 4) is 0 Å². The zero-order valence-electron chi connectivity index (χ0n) is 21.7. The predicted octanol–water partition coefficient (Wildman–Crippen LogP) is 4.73. The van der Waals surface area contributed by atoms with Crippen LogP contribution in [0.1, 0.15) is 53.5 Å². The first-order valence-corrected chi connectivity index (χ1v) is 13.5. The Kier molecular flexibility index (Phi) is 6.90. The number of carbonyl (C=O) groups excluding carboxylic acids is 1. The maximum absolute atomic E-state index is 12.4. The average Bonchev–Trinajstić information content (AvgIpc) is 3.59. The molecule has 2 N–H and O–H groups in total. The highest BCUT2D eigenvalue weighted by Gasteiger charge is 2.35. The normalized spacial score (nSPS) is 17.8. The van der Waals surface area contributed by atoms with Gasteiger partial charge >= 0.3 is 0 Å². The lowest BCUT2D eigenvalue weighted by Crippen LogP contribution is -2.29. The van der Waals surface area contributed by atoms with Crippen molar-refractivity contribution in [1.29, 1.82) is 0 Å². The Morgan fingerprint density at radius 2 is 2.08 bits per heavy atom. The number of aromatic nitrogens is 3. The van der Waals surface area contributed by atoms with Crippen LogP contribution in [0.15, 0.2) is 23.8 Å². The fraction of sp³-hybridized carbons (Fsp3) is 0.500. The van der Waals surface area contributed by atoms with E-state index in [-0.39, 0.29) is 11.8 Å². The smallest absolute Gasteiger partial charge is 0.263 e. The molecule has 10 heteroatoms. The molecule has 0 saturated carbocycles. The highest BCUT2D eigenvalue weighted by Crippen LogP contribution is 2.48. The van der Waals surface area contributed by atoms with E-state index in [2.05, 4.69) is 40.7 Å². The first kappa shape index (κ1) is 24.6. The van der Waals surface area contributed by atoms with Gasteiger partial charge in [-0.2, -0.15) is 5.10 Å². The van der Waals surface area contributed by atoms with Crippen LogP contribution in [0.25, 0.3) is 0 Å². The predicted molar refractivity (Wildman–Crippen MR) is 145 cm³/mol. The number of rotatable bonds is 7. The number of amides is 1. The van der Waals surface area contributed by atoms with Gasteiger partial charge in [0.05, 0.1) is 39.5 Å². The highest BCUT2D eigenvalue weighted by atomic mass is 32.1. The van der Waals surface area contributed by atoms with Crippen LogP contribution >= 0.6 is 11.3 Å². The molecule has 0 bridgehead atoms. The Bertz CT molecular complexity index is 1250. The third-order valence-electron chi connectivity index (χ3n) is 6.90. The van der Waals surface area contributed by atoms with Crippen LogP contribution in [0.4, 0.5) is 28.6 Å². The standard InChI is InChI=1S/C26H35N7O2S/c1-6-20-23(28-17-7-9-35-10-8-17)24-22(16(2)13-33(24)19-12-27-32(5)14-19)30-25(20)29-18-11-21(36-15-18)26(34)31(3)4/h11-12,14-17H,6-10,13H2,1-5H3,(H2,28,29,30). The largest absolute Gasteiger partial charge is 0.381 e. The van der Waals surface area contributed by atoms with Gasteiger partial charge in [-0.3, -0.25) is 9.48 Å². The van der Waals surface area contributed by atoms with Gasteiger partial charge in [-0.15, -0.1) is 11.3 Å². The number of ether oxygens (including phenoxy) is 1. The van der Waals surface area contributed by atoms with Crippen LogP contribution in [0.3, 0.4) is 0 Å². The van der Waals surface area contributed by atoms with Crippen molar-refractivity contribution < 1.29 is 9.53 Å². The van der Waals surface area contributed by atoms with Crippen molar-refractivity contribution in [2.75, 3.05) is 49.4 Å². The van der Waals surface area contributed by atoms with E-state index in [1.807, 2.05) is 29.4 Å². The summed E-state index contributed by atoms with van der Waals surface area (Å²) in [4.78, 5) is 22.3. The number of nitrogens with one attached hydrogen (secondary N) is 2. The Morgan fingerprint density at radius 3 is 2.75 bits per heavy atom. The van der Waals surface area contributed by atoms with Crippen molar-refractivity contribution in [3.05, 3.63) is 40.0 Å². The van der Waals surface area contributed by atoms with Crippen molar-refractivity contribution >= 4 is 45.8 Å². The molecule has 3 aromatic heterocycles. The van der Waals surface area contributed by atoms with E-state index in [0.29, 0.717) is 10.9 Å². The molecule has 5 rings (SSSR count). The minimum Gasteiger partial charge on any atom is -0.381 e. The molecule has 1 fully saturated rings. The van der Waals surface area contributed by atoms with Gasteiger partial charge in [0, 0.05) is 70.0 Å². The van der Waals surface area contributed by atoms with Gasteiger partial charge < -0.3 is 25.2 Å². The molecular weight excluding hydrogens is 474 g/mol. The molecule has 2 aliphatic heterocycles. The number of hydrogen-bond acceptors (Lipinski definition) is 8. The molecule has 1 saturated heterocycles. The van der Waals surface area contributed by atoms with Crippen molar-refractivity contribution in [2.45, 2.75) is 45.1 Å². The number of pyridine rings is 1. The summed E-state index contributed by atoms with van der Waals surface area (Å²) in [5.41, 5.74) is 6.48. The van der Waals surface area contributed by atoms with Crippen LogP contribution in [0, 0.1) is 0 Å². The molecular formula is C26H35N7O2S. The molecule has 3 aromatic rings. The van der Waals surface area contributed by atoms with Gasteiger partial charge in [0.1, 0.15) is 5.82 Å². The molecule has 1 amide bonds. The molecule has 36 heavy (non-hydrogen) atoms. The van der Waals surface area contributed by atoms with Gasteiger partial charge in [0.25, 0.3) is 5.91 Å². The number of fused-ring (bicyclic) bond motifs is 1. The summed E-state index contributed by atoms with van der Waals surface area (Å²) in [5, 5.41) is 13.9. The van der Waals surface area contributed by atoms with E-state index >= 15 is 0 Å². The Labute approximate surface area is 216 Å². The van der Waals surface area contributed by atoms with Gasteiger partial charge in [-0.25, -0.2) is 4.98 Å². The van der Waals surface area contributed by atoms with Gasteiger partial charge in [0.15, 0.2) is 0 Å². The maximum atomic E-state index is 12.4. The summed E-state index contributed by atoms with van der Waals surface area (Å²) in [6.07, 6.45) is 6.76. The van der Waals surface area contributed by atoms with Gasteiger partial charge in [0.2, 0.25) is 0 Å². The summed E-state index contributed by atoms with van der Waals surface area (Å²) in [7, 11) is 5.50. The number of hydrogen-bond donors (Lipinski definition) is 2. The Morgan fingerprint density at radius 1 is 1.31 bits per heavy atom. The molecule has 0 aromatic carbocycles. The zero-order valence-corrected chi connectivity index (χ0v) is 22.5. The van der Waals surface area contributed by atoms with E-state index < -0.39 is 0 Å². The van der Waals surface area contributed by atoms with E-state index in [4.69, 9.17) is 9.72 Å². The van der Waals surface area contributed by atoms with E-state index in [0.717, 1.165) is 78.8 Å². The number of nitrogens with zero attached hydrogens (tertiary/aromatic N) is 5. The SMILES string of the molecule is CCc1c(Nc2csc(C(=O)N(C)C)c2)nc2c(c1NC1CCOCC1)N(c1cnn(C)c1)CC2C. The minimum atomic E-state index is 0.00767. The molecule has 2 aliphatic rings. The zero-order chi connectivity index (χ0) is 25.4. The summed E-state index contributed by atoms with van der Waals surface area (Å²) < 4.78 is 7.47. The van der Waals surface area contributed by atoms with Crippen LogP contribution in [0.5, 0.6) is 0 Å². The third kappa shape index (κ3) is 4.67. The topological polar surface area (TPSA) is 87.6 Å². The van der Waals surface area contributed by atoms with E-state index in [1.54, 1.807) is 19.0 Å². The van der Waals surface area contributed by atoms with E-state index in [1.165, 1.54) is 11.3 Å².